The Morgan fingerprint density at radius 2 is 1.96 bits per heavy atom. The number of nitrogens with one attached hydrogen (secondary N) is 1. The van der Waals surface area contributed by atoms with Crippen LogP contribution in [-0.2, 0) is 39.5 Å². The zero-order valence-electron chi connectivity index (χ0n) is 13.7. The molecule has 1 aliphatic carbocycles. The standard InChI is InChI=1S/C17H24NO4.Re/c1-4-12-14(20)18-17(15(21)22-16(12,17)3)10(2)13(19)11-8-6-5-7-9-11;/h10-12H,1,4-9H2,2-3H3,(H,18,20);/q-1;/t10-,12-,16-,17-;/m0./s1. The predicted octanol–water partition coefficient (Wildman–Crippen LogP) is 1.79. The third-order valence-electron chi connectivity index (χ3n) is 6.08. The number of carbonyl (C=O) groups excluding carboxylic acids is 3. The molecule has 2 aliphatic heterocycles. The van der Waals surface area contributed by atoms with Gasteiger partial charge >= 0.3 is 5.97 Å². The number of hydrogen-bond donors (Lipinski definition) is 1. The minimum atomic E-state index is -1.19. The van der Waals surface area contributed by atoms with E-state index in [1.807, 2.05) is 0 Å². The fourth-order valence-corrected chi connectivity index (χ4v) is 4.64. The zero-order valence-corrected chi connectivity index (χ0v) is 16.4. The van der Waals surface area contributed by atoms with Gasteiger partial charge in [-0.25, -0.2) is 4.79 Å². The third-order valence-corrected chi connectivity index (χ3v) is 6.08. The van der Waals surface area contributed by atoms with Crippen molar-refractivity contribution in [3.8, 4) is 0 Å². The van der Waals surface area contributed by atoms with Crippen molar-refractivity contribution in [2.45, 2.75) is 63.5 Å². The summed E-state index contributed by atoms with van der Waals surface area (Å²) < 4.78 is 5.37. The molecule has 0 aromatic heterocycles. The fraction of sp³-hybridized carbons (Fsp3) is 0.765. The van der Waals surface area contributed by atoms with Gasteiger partial charge in [0.2, 0.25) is 5.91 Å². The molecule has 2 heterocycles. The molecule has 6 heteroatoms. The minimum absolute atomic E-state index is 0. The summed E-state index contributed by atoms with van der Waals surface area (Å²) >= 11 is 0. The van der Waals surface area contributed by atoms with E-state index < -0.39 is 28.9 Å². The van der Waals surface area contributed by atoms with E-state index in [1.165, 1.54) is 6.42 Å². The molecule has 5 nitrogen and oxygen atoms in total. The Morgan fingerprint density at radius 1 is 1.35 bits per heavy atom. The van der Waals surface area contributed by atoms with E-state index in [4.69, 9.17) is 4.74 Å². The van der Waals surface area contributed by atoms with Crippen molar-refractivity contribution in [3.05, 3.63) is 6.92 Å². The number of Topliss-reactive ketones (excluding diaryl/α,β-unsaturated/α-hetero) is 1. The van der Waals surface area contributed by atoms with Gasteiger partial charge in [0, 0.05) is 26.3 Å². The van der Waals surface area contributed by atoms with Crippen LogP contribution in [0.15, 0.2) is 0 Å². The molecule has 0 bridgehead atoms. The summed E-state index contributed by atoms with van der Waals surface area (Å²) in [5.41, 5.74) is -2.15. The molecule has 1 N–H and O–H groups in total. The van der Waals surface area contributed by atoms with E-state index >= 15 is 0 Å². The minimum Gasteiger partial charge on any atom is -0.454 e. The Balaban J connectivity index is 0.00000192. The van der Waals surface area contributed by atoms with Gasteiger partial charge in [0.1, 0.15) is 5.78 Å². The van der Waals surface area contributed by atoms with Crippen molar-refractivity contribution >= 4 is 17.7 Å². The molecule has 3 fully saturated rings. The van der Waals surface area contributed by atoms with Gasteiger partial charge in [-0.15, -0.1) is 0 Å². The monoisotopic (exact) mass is 493 g/mol. The van der Waals surface area contributed by atoms with Crippen molar-refractivity contribution in [1.82, 2.24) is 5.32 Å². The number of carbonyl (C=O) groups is 3. The van der Waals surface area contributed by atoms with E-state index in [0.29, 0.717) is 6.42 Å². The number of fused-ring (bicyclic) bond motifs is 1. The van der Waals surface area contributed by atoms with Crippen LogP contribution in [-0.4, -0.2) is 28.8 Å². The van der Waals surface area contributed by atoms with Gasteiger partial charge in [0.15, 0.2) is 11.1 Å². The SMILES string of the molecule is [CH2-]C[C@H]1C(=O)N[C@@]2([C@@H](C)C(=O)C3CCCCC3)C(=O)O[C@@]12C.[Re]. The summed E-state index contributed by atoms with van der Waals surface area (Å²) in [5, 5.41) is 2.80. The van der Waals surface area contributed by atoms with Crippen molar-refractivity contribution < 1.29 is 39.5 Å². The van der Waals surface area contributed by atoms with Crippen LogP contribution >= 0.6 is 0 Å². The van der Waals surface area contributed by atoms with E-state index in [-0.39, 0.29) is 38.0 Å². The quantitative estimate of drug-likeness (QED) is 0.480. The summed E-state index contributed by atoms with van der Waals surface area (Å²) in [5.74, 6) is -1.64. The molecule has 3 aliphatic rings. The second-order valence-corrected chi connectivity index (χ2v) is 7.09. The molecule has 1 radical (unpaired) electrons. The van der Waals surface area contributed by atoms with Gasteiger partial charge in [0.05, 0.1) is 11.8 Å². The van der Waals surface area contributed by atoms with E-state index in [1.54, 1.807) is 13.8 Å². The largest absolute Gasteiger partial charge is 0.454 e. The zero-order chi connectivity index (χ0) is 16.1. The van der Waals surface area contributed by atoms with Gasteiger partial charge in [-0.3, -0.25) is 9.59 Å². The van der Waals surface area contributed by atoms with E-state index in [0.717, 1.165) is 25.7 Å². The van der Waals surface area contributed by atoms with Crippen LogP contribution in [0.5, 0.6) is 0 Å². The first-order chi connectivity index (χ1) is 10.4. The maximum absolute atomic E-state index is 12.9. The number of ether oxygens (including phenoxy) is 1. The topological polar surface area (TPSA) is 72.5 Å². The Bertz CT molecular complexity index is 531. The molecule has 1 saturated carbocycles. The summed E-state index contributed by atoms with van der Waals surface area (Å²) in [6, 6.07) is 0. The molecule has 23 heavy (non-hydrogen) atoms. The van der Waals surface area contributed by atoms with Crippen LogP contribution in [0, 0.1) is 24.7 Å². The Labute approximate surface area is 150 Å². The molecule has 0 spiro atoms. The molecule has 0 aromatic rings. The van der Waals surface area contributed by atoms with E-state index in [2.05, 4.69) is 12.2 Å². The molecule has 129 valence electrons. The molecule has 0 aromatic carbocycles. The summed E-state index contributed by atoms with van der Waals surface area (Å²) in [4.78, 5) is 37.4. The molecule has 3 rings (SSSR count). The van der Waals surface area contributed by atoms with Gasteiger partial charge in [-0.2, -0.15) is 6.42 Å². The molecular weight excluding hydrogens is 468 g/mol. The van der Waals surface area contributed by atoms with Gasteiger partial charge in [0.25, 0.3) is 0 Å². The second-order valence-electron chi connectivity index (χ2n) is 7.09. The number of ketones is 1. The average molecular weight is 493 g/mol. The van der Waals surface area contributed by atoms with Crippen molar-refractivity contribution in [2.24, 2.45) is 17.8 Å². The van der Waals surface area contributed by atoms with Crippen LogP contribution in [0.2, 0.25) is 0 Å². The van der Waals surface area contributed by atoms with Crippen LogP contribution in [0.4, 0.5) is 0 Å². The van der Waals surface area contributed by atoms with Crippen LogP contribution in [0.25, 0.3) is 0 Å². The first-order valence-corrected chi connectivity index (χ1v) is 8.27. The Morgan fingerprint density at radius 3 is 2.48 bits per heavy atom. The molecular formula is C17H24NO4Re-. The maximum atomic E-state index is 12.9. The summed E-state index contributed by atoms with van der Waals surface area (Å²) in [6.45, 7) is 7.32. The number of hydrogen-bond acceptors (Lipinski definition) is 4. The normalized spacial score (nSPS) is 37.8. The van der Waals surface area contributed by atoms with Crippen molar-refractivity contribution in [3.63, 3.8) is 0 Å². The van der Waals surface area contributed by atoms with E-state index in [9.17, 15) is 14.4 Å². The third kappa shape index (κ3) is 2.33. The Hall–Kier alpha value is -0.728. The molecule has 0 unspecified atom stereocenters. The summed E-state index contributed by atoms with van der Waals surface area (Å²) in [7, 11) is 0. The van der Waals surface area contributed by atoms with Gasteiger partial charge in [-0.05, 0) is 19.8 Å². The van der Waals surface area contributed by atoms with Crippen molar-refractivity contribution in [1.29, 1.82) is 0 Å². The predicted molar refractivity (Wildman–Crippen MR) is 79.6 cm³/mol. The Kier molecular flexibility index (Phi) is 5.09. The average Bonchev–Trinajstić information content (AvgIpc) is 2.69. The first-order valence-electron chi connectivity index (χ1n) is 8.27. The smallest absolute Gasteiger partial charge is 0.337 e. The van der Waals surface area contributed by atoms with Crippen LogP contribution < -0.4 is 5.32 Å². The first kappa shape index (κ1) is 18.6. The molecule has 1 amide bonds. The summed E-state index contributed by atoms with van der Waals surface area (Å²) in [6.07, 6.45) is 5.41. The van der Waals surface area contributed by atoms with Crippen molar-refractivity contribution in [2.75, 3.05) is 0 Å². The number of esters is 1. The maximum Gasteiger partial charge on any atom is 0.337 e. The fourth-order valence-electron chi connectivity index (χ4n) is 4.64. The number of rotatable bonds is 4. The van der Waals surface area contributed by atoms with Gasteiger partial charge < -0.3 is 17.0 Å². The molecule has 4 atom stereocenters. The van der Waals surface area contributed by atoms with Gasteiger partial charge in [-0.1, -0.05) is 26.2 Å². The number of amides is 1. The second kappa shape index (κ2) is 6.29. The molecule has 2 saturated heterocycles. The van der Waals surface area contributed by atoms with Crippen LogP contribution in [0.3, 0.4) is 0 Å². The van der Waals surface area contributed by atoms with Crippen LogP contribution in [0.1, 0.15) is 52.4 Å².